The Balaban J connectivity index is 2.23. The molecule has 5 heteroatoms. The summed E-state index contributed by atoms with van der Waals surface area (Å²) in [6.07, 6.45) is 2.35. The van der Waals surface area contributed by atoms with Crippen molar-refractivity contribution in [3.63, 3.8) is 0 Å². The molecule has 0 radical (unpaired) electrons. The first kappa shape index (κ1) is 10.1. The SMILES string of the molecule is CCC(COC)NCc1ncon1. The van der Waals surface area contributed by atoms with Crippen LogP contribution in [0.5, 0.6) is 0 Å². The molecular weight excluding hydrogens is 170 g/mol. The van der Waals surface area contributed by atoms with E-state index in [0.29, 0.717) is 25.0 Å². The second-order valence-corrected chi connectivity index (χ2v) is 2.79. The highest BCUT2D eigenvalue weighted by Gasteiger charge is 2.06. The van der Waals surface area contributed by atoms with E-state index in [4.69, 9.17) is 4.74 Å². The predicted molar refractivity (Wildman–Crippen MR) is 47.1 cm³/mol. The van der Waals surface area contributed by atoms with Crippen LogP contribution in [0.3, 0.4) is 0 Å². The average Bonchev–Trinajstić information content (AvgIpc) is 2.64. The van der Waals surface area contributed by atoms with Crippen LogP contribution in [0.25, 0.3) is 0 Å². The lowest BCUT2D eigenvalue weighted by molar-refractivity contribution is 0.163. The van der Waals surface area contributed by atoms with Gasteiger partial charge in [-0.05, 0) is 6.42 Å². The molecule has 0 aliphatic heterocycles. The number of methoxy groups -OCH3 is 1. The monoisotopic (exact) mass is 185 g/mol. The summed E-state index contributed by atoms with van der Waals surface area (Å²) in [6.45, 7) is 3.43. The Labute approximate surface area is 77.5 Å². The van der Waals surface area contributed by atoms with Gasteiger partial charge in [-0.15, -0.1) is 0 Å². The smallest absolute Gasteiger partial charge is 0.213 e. The Morgan fingerprint density at radius 1 is 1.69 bits per heavy atom. The second kappa shape index (κ2) is 5.66. The minimum absolute atomic E-state index is 0.350. The van der Waals surface area contributed by atoms with Crippen molar-refractivity contribution >= 4 is 0 Å². The van der Waals surface area contributed by atoms with Gasteiger partial charge in [-0.2, -0.15) is 4.98 Å². The fraction of sp³-hybridized carbons (Fsp3) is 0.750. The maximum absolute atomic E-state index is 5.04. The summed E-state index contributed by atoms with van der Waals surface area (Å²) in [5.41, 5.74) is 0. The highest BCUT2D eigenvalue weighted by molar-refractivity contribution is 4.78. The number of nitrogens with one attached hydrogen (secondary N) is 1. The molecule has 0 fully saturated rings. The van der Waals surface area contributed by atoms with Crippen molar-refractivity contribution < 1.29 is 9.26 Å². The van der Waals surface area contributed by atoms with Crippen LogP contribution < -0.4 is 5.32 Å². The summed E-state index contributed by atoms with van der Waals surface area (Å²) in [5, 5.41) is 6.96. The normalized spacial score (nSPS) is 13.1. The second-order valence-electron chi connectivity index (χ2n) is 2.79. The number of hydrogen-bond acceptors (Lipinski definition) is 5. The van der Waals surface area contributed by atoms with Crippen LogP contribution in [-0.2, 0) is 11.3 Å². The molecule has 0 spiro atoms. The van der Waals surface area contributed by atoms with E-state index < -0.39 is 0 Å². The summed E-state index contributed by atoms with van der Waals surface area (Å²) in [7, 11) is 1.69. The molecule has 1 atom stereocenters. The lowest BCUT2D eigenvalue weighted by Crippen LogP contribution is -2.32. The van der Waals surface area contributed by atoms with E-state index >= 15 is 0 Å². The largest absolute Gasteiger partial charge is 0.383 e. The standard InChI is InChI=1S/C8H15N3O2/c1-3-7(5-12-2)9-4-8-10-6-13-11-8/h6-7,9H,3-5H2,1-2H3. The minimum Gasteiger partial charge on any atom is -0.383 e. The van der Waals surface area contributed by atoms with Crippen molar-refractivity contribution in [2.24, 2.45) is 0 Å². The van der Waals surface area contributed by atoms with Gasteiger partial charge in [0, 0.05) is 13.2 Å². The van der Waals surface area contributed by atoms with E-state index in [1.807, 2.05) is 0 Å². The van der Waals surface area contributed by atoms with Crippen molar-refractivity contribution in [3.8, 4) is 0 Å². The van der Waals surface area contributed by atoms with Gasteiger partial charge in [0.25, 0.3) is 0 Å². The zero-order chi connectivity index (χ0) is 9.52. The number of nitrogens with zero attached hydrogens (tertiary/aromatic N) is 2. The summed E-state index contributed by atoms with van der Waals surface area (Å²) < 4.78 is 9.65. The Kier molecular flexibility index (Phi) is 4.42. The van der Waals surface area contributed by atoms with Crippen LogP contribution in [0.1, 0.15) is 19.2 Å². The third-order valence-corrected chi connectivity index (χ3v) is 1.82. The van der Waals surface area contributed by atoms with Crippen LogP contribution in [0.4, 0.5) is 0 Å². The summed E-state index contributed by atoms with van der Waals surface area (Å²) in [5.74, 6) is 0.676. The summed E-state index contributed by atoms with van der Waals surface area (Å²) >= 11 is 0. The molecule has 0 aliphatic carbocycles. The van der Waals surface area contributed by atoms with Gasteiger partial charge >= 0.3 is 0 Å². The topological polar surface area (TPSA) is 60.2 Å². The van der Waals surface area contributed by atoms with Gasteiger partial charge in [0.05, 0.1) is 13.2 Å². The molecule has 0 aromatic carbocycles. The number of ether oxygens (including phenoxy) is 1. The molecule has 1 aromatic heterocycles. The molecule has 1 aromatic rings. The van der Waals surface area contributed by atoms with Gasteiger partial charge in [-0.1, -0.05) is 12.1 Å². The molecule has 0 saturated carbocycles. The highest BCUT2D eigenvalue weighted by Crippen LogP contribution is 1.94. The van der Waals surface area contributed by atoms with Gasteiger partial charge in [-0.25, -0.2) is 0 Å². The molecule has 1 unspecified atom stereocenters. The fourth-order valence-electron chi connectivity index (χ4n) is 1.03. The summed E-state index contributed by atoms with van der Waals surface area (Å²) in [6, 6.07) is 0.350. The Bertz CT molecular complexity index is 213. The van der Waals surface area contributed by atoms with E-state index in [0.717, 1.165) is 6.42 Å². The molecule has 13 heavy (non-hydrogen) atoms. The number of aromatic nitrogens is 2. The molecule has 5 nitrogen and oxygen atoms in total. The summed E-state index contributed by atoms with van der Waals surface area (Å²) in [4.78, 5) is 3.90. The van der Waals surface area contributed by atoms with Gasteiger partial charge in [0.2, 0.25) is 6.39 Å². The third kappa shape index (κ3) is 3.52. The van der Waals surface area contributed by atoms with Crippen LogP contribution in [-0.4, -0.2) is 29.9 Å². The Morgan fingerprint density at radius 2 is 2.54 bits per heavy atom. The van der Waals surface area contributed by atoms with Crippen LogP contribution >= 0.6 is 0 Å². The van der Waals surface area contributed by atoms with Gasteiger partial charge < -0.3 is 14.6 Å². The quantitative estimate of drug-likeness (QED) is 0.702. The third-order valence-electron chi connectivity index (χ3n) is 1.82. The minimum atomic E-state index is 0.350. The maximum Gasteiger partial charge on any atom is 0.213 e. The molecule has 0 amide bonds. The van der Waals surface area contributed by atoms with Crippen molar-refractivity contribution in [1.29, 1.82) is 0 Å². The fourth-order valence-corrected chi connectivity index (χ4v) is 1.03. The molecule has 1 N–H and O–H groups in total. The number of rotatable bonds is 6. The van der Waals surface area contributed by atoms with Crippen molar-refractivity contribution in [1.82, 2.24) is 15.5 Å². The molecule has 0 bridgehead atoms. The zero-order valence-electron chi connectivity index (χ0n) is 7.99. The van der Waals surface area contributed by atoms with Crippen molar-refractivity contribution in [3.05, 3.63) is 12.2 Å². The lowest BCUT2D eigenvalue weighted by atomic mass is 10.2. The van der Waals surface area contributed by atoms with E-state index in [1.54, 1.807) is 7.11 Å². The first-order valence-electron chi connectivity index (χ1n) is 4.34. The molecule has 74 valence electrons. The van der Waals surface area contributed by atoms with Crippen LogP contribution in [0, 0.1) is 0 Å². The van der Waals surface area contributed by atoms with Crippen LogP contribution in [0.2, 0.25) is 0 Å². The number of hydrogen-bond donors (Lipinski definition) is 1. The molecule has 1 rings (SSSR count). The molecular formula is C8H15N3O2. The maximum atomic E-state index is 5.04. The molecule has 1 heterocycles. The molecule has 0 aliphatic rings. The zero-order valence-corrected chi connectivity index (χ0v) is 7.99. The van der Waals surface area contributed by atoms with E-state index in [-0.39, 0.29) is 0 Å². The first-order chi connectivity index (χ1) is 6.36. The van der Waals surface area contributed by atoms with E-state index in [1.165, 1.54) is 6.39 Å². The van der Waals surface area contributed by atoms with Gasteiger partial charge in [0.15, 0.2) is 5.82 Å². The van der Waals surface area contributed by atoms with Crippen molar-refractivity contribution in [2.45, 2.75) is 25.9 Å². The van der Waals surface area contributed by atoms with Gasteiger partial charge in [-0.3, -0.25) is 0 Å². The Morgan fingerprint density at radius 3 is 3.08 bits per heavy atom. The predicted octanol–water partition coefficient (Wildman–Crippen LogP) is 0.584. The Hall–Kier alpha value is -0.940. The highest BCUT2D eigenvalue weighted by atomic mass is 16.5. The average molecular weight is 185 g/mol. The first-order valence-corrected chi connectivity index (χ1v) is 4.34. The van der Waals surface area contributed by atoms with Crippen molar-refractivity contribution in [2.75, 3.05) is 13.7 Å². The van der Waals surface area contributed by atoms with E-state index in [2.05, 4.69) is 26.9 Å². The molecule has 0 saturated heterocycles. The van der Waals surface area contributed by atoms with Crippen LogP contribution in [0.15, 0.2) is 10.9 Å². The lowest BCUT2D eigenvalue weighted by Gasteiger charge is -2.13. The van der Waals surface area contributed by atoms with Gasteiger partial charge in [0.1, 0.15) is 0 Å². The van der Waals surface area contributed by atoms with E-state index in [9.17, 15) is 0 Å².